The highest BCUT2D eigenvalue weighted by atomic mass is 79.9. The average molecular weight is 425 g/mol. The van der Waals surface area contributed by atoms with Crippen LogP contribution in [0.15, 0.2) is 57.9 Å². The predicted octanol–water partition coefficient (Wildman–Crippen LogP) is 2.76. The topological polar surface area (TPSA) is 58.6 Å². The average Bonchev–Trinajstić information content (AvgIpc) is 2.62. The fourth-order valence-corrected chi connectivity index (χ4v) is 4.72. The molecule has 0 bridgehead atoms. The minimum absolute atomic E-state index is 0.249. The van der Waals surface area contributed by atoms with Gasteiger partial charge in [-0.3, -0.25) is 4.90 Å². The molecule has 0 radical (unpaired) electrons. The Labute approximate surface area is 157 Å². The molecule has 134 valence electrons. The first kappa shape index (κ1) is 18.5. The van der Waals surface area contributed by atoms with Crippen molar-refractivity contribution in [3.8, 4) is 0 Å². The van der Waals surface area contributed by atoms with E-state index in [1.165, 1.54) is 5.56 Å². The number of benzene rings is 2. The number of morpholine rings is 1. The van der Waals surface area contributed by atoms with Crippen molar-refractivity contribution < 1.29 is 13.2 Å². The van der Waals surface area contributed by atoms with Crippen molar-refractivity contribution in [3.63, 3.8) is 0 Å². The van der Waals surface area contributed by atoms with Crippen LogP contribution in [-0.2, 0) is 27.8 Å². The van der Waals surface area contributed by atoms with Crippen LogP contribution in [0, 0.1) is 0 Å². The van der Waals surface area contributed by atoms with Gasteiger partial charge in [0.15, 0.2) is 0 Å². The third kappa shape index (κ3) is 5.12. The van der Waals surface area contributed by atoms with Crippen molar-refractivity contribution in [1.29, 1.82) is 0 Å². The van der Waals surface area contributed by atoms with Gasteiger partial charge in [0, 0.05) is 30.7 Å². The highest BCUT2D eigenvalue weighted by Crippen LogP contribution is 2.21. The van der Waals surface area contributed by atoms with Crippen LogP contribution in [0.3, 0.4) is 0 Å². The van der Waals surface area contributed by atoms with Crippen molar-refractivity contribution in [2.75, 3.05) is 26.3 Å². The minimum atomic E-state index is -3.54. The minimum Gasteiger partial charge on any atom is -0.379 e. The molecule has 0 aromatic heterocycles. The standard InChI is InChI=1S/C18H21BrN2O3S/c19-17-3-1-2-4-18(17)25(22,23)20-13-15-5-7-16(8-6-15)14-21-9-11-24-12-10-21/h1-8,20H,9-14H2. The molecule has 1 heterocycles. The lowest BCUT2D eigenvalue weighted by molar-refractivity contribution is 0.0342. The second-order valence-electron chi connectivity index (χ2n) is 5.96. The summed E-state index contributed by atoms with van der Waals surface area (Å²) in [6, 6.07) is 14.8. The highest BCUT2D eigenvalue weighted by molar-refractivity contribution is 9.10. The summed E-state index contributed by atoms with van der Waals surface area (Å²) in [5.74, 6) is 0. The summed E-state index contributed by atoms with van der Waals surface area (Å²) >= 11 is 3.28. The van der Waals surface area contributed by atoms with E-state index in [0.717, 1.165) is 38.4 Å². The van der Waals surface area contributed by atoms with Gasteiger partial charge >= 0.3 is 0 Å². The van der Waals surface area contributed by atoms with Crippen molar-refractivity contribution in [1.82, 2.24) is 9.62 Å². The van der Waals surface area contributed by atoms with E-state index in [1.807, 2.05) is 12.1 Å². The third-order valence-electron chi connectivity index (χ3n) is 4.13. The highest BCUT2D eigenvalue weighted by Gasteiger charge is 2.16. The first-order valence-corrected chi connectivity index (χ1v) is 10.4. The summed E-state index contributed by atoms with van der Waals surface area (Å²) in [6.45, 7) is 4.64. The number of nitrogens with zero attached hydrogens (tertiary/aromatic N) is 1. The summed E-state index contributed by atoms with van der Waals surface area (Å²) in [5.41, 5.74) is 2.15. The van der Waals surface area contributed by atoms with E-state index in [-0.39, 0.29) is 11.4 Å². The molecule has 1 fully saturated rings. The van der Waals surface area contributed by atoms with Crippen LogP contribution in [0.1, 0.15) is 11.1 Å². The summed E-state index contributed by atoms with van der Waals surface area (Å²) in [4.78, 5) is 2.60. The fraction of sp³-hybridized carbons (Fsp3) is 0.333. The number of hydrogen-bond acceptors (Lipinski definition) is 4. The zero-order chi connectivity index (χ0) is 17.7. The Hall–Kier alpha value is -1.25. The Bertz CT molecular complexity index is 803. The number of sulfonamides is 1. The summed E-state index contributed by atoms with van der Waals surface area (Å²) in [7, 11) is -3.54. The predicted molar refractivity (Wildman–Crippen MR) is 101 cm³/mol. The molecule has 7 heteroatoms. The second-order valence-corrected chi connectivity index (χ2v) is 8.55. The molecule has 0 unspecified atom stereocenters. The first-order valence-electron chi connectivity index (χ1n) is 8.17. The lowest BCUT2D eigenvalue weighted by Gasteiger charge is -2.26. The molecule has 5 nitrogen and oxygen atoms in total. The molecule has 1 saturated heterocycles. The lowest BCUT2D eigenvalue weighted by Crippen LogP contribution is -2.35. The molecular weight excluding hydrogens is 404 g/mol. The number of halogens is 1. The normalized spacial score (nSPS) is 16.0. The Kier molecular flexibility index (Phi) is 6.24. The fourth-order valence-electron chi connectivity index (χ4n) is 2.70. The monoisotopic (exact) mass is 424 g/mol. The molecule has 1 N–H and O–H groups in total. The first-order chi connectivity index (χ1) is 12.0. The molecule has 1 aliphatic heterocycles. The molecule has 25 heavy (non-hydrogen) atoms. The molecule has 3 rings (SSSR count). The SMILES string of the molecule is O=S(=O)(NCc1ccc(CN2CCOCC2)cc1)c1ccccc1Br. The molecular formula is C18H21BrN2O3S. The van der Waals surface area contributed by atoms with Crippen LogP contribution in [0.2, 0.25) is 0 Å². The smallest absolute Gasteiger partial charge is 0.241 e. The van der Waals surface area contributed by atoms with Gasteiger partial charge in [-0.05, 0) is 39.2 Å². The number of ether oxygens (including phenoxy) is 1. The Morgan fingerprint density at radius 2 is 1.64 bits per heavy atom. The van der Waals surface area contributed by atoms with Crippen LogP contribution in [0.4, 0.5) is 0 Å². The number of nitrogens with one attached hydrogen (secondary N) is 1. The maximum atomic E-state index is 12.4. The van der Waals surface area contributed by atoms with E-state index >= 15 is 0 Å². The summed E-state index contributed by atoms with van der Waals surface area (Å²) < 4.78 is 33.4. The second kappa shape index (κ2) is 8.42. The van der Waals surface area contributed by atoms with Crippen molar-refractivity contribution in [2.45, 2.75) is 18.0 Å². The van der Waals surface area contributed by atoms with E-state index in [0.29, 0.717) is 4.47 Å². The summed E-state index contributed by atoms with van der Waals surface area (Å²) in [6.07, 6.45) is 0. The lowest BCUT2D eigenvalue weighted by atomic mass is 10.1. The molecule has 1 aliphatic rings. The van der Waals surface area contributed by atoms with Gasteiger partial charge in [0.2, 0.25) is 10.0 Å². The number of hydrogen-bond donors (Lipinski definition) is 1. The van der Waals surface area contributed by atoms with E-state index < -0.39 is 10.0 Å². The zero-order valence-electron chi connectivity index (χ0n) is 13.8. The Balaban J connectivity index is 1.59. The largest absolute Gasteiger partial charge is 0.379 e. The van der Waals surface area contributed by atoms with E-state index in [9.17, 15) is 8.42 Å². The molecule has 0 atom stereocenters. The van der Waals surface area contributed by atoms with Crippen LogP contribution in [0.25, 0.3) is 0 Å². The molecule has 0 aliphatic carbocycles. The quantitative estimate of drug-likeness (QED) is 0.774. The Morgan fingerprint density at radius 3 is 2.32 bits per heavy atom. The van der Waals surface area contributed by atoms with Gasteiger partial charge in [-0.25, -0.2) is 13.1 Å². The van der Waals surface area contributed by atoms with Crippen LogP contribution < -0.4 is 4.72 Å². The van der Waals surface area contributed by atoms with Gasteiger partial charge in [-0.1, -0.05) is 36.4 Å². The third-order valence-corrected chi connectivity index (χ3v) is 6.54. The van der Waals surface area contributed by atoms with Gasteiger partial charge < -0.3 is 4.74 Å². The molecule has 2 aromatic rings. The van der Waals surface area contributed by atoms with Crippen LogP contribution in [0.5, 0.6) is 0 Å². The van der Waals surface area contributed by atoms with Crippen molar-refractivity contribution in [3.05, 3.63) is 64.1 Å². The van der Waals surface area contributed by atoms with E-state index in [2.05, 4.69) is 37.7 Å². The van der Waals surface area contributed by atoms with Gasteiger partial charge in [-0.2, -0.15) is 0 Å². The molecule has 0 spiro atoms. The van der Waals surface area contributed by atoms with Crippen LogP contribution in [-0.4, -0.2) is 39.6 Å². The zero-order valence-corrected chi connectivity index (χ0v) is 16.2. The van der Waals surface area contributed by atoms with E-state index in [1.54, 1.807) is 24.3 Å². The summed E-state index contributed by atoms with van der Waals surface area (Å²) in [5, 5.41) is 0. The number of rotatable bonds is 6. The maximum Gasteiger partial charge on any atom is 0.241 e. The molecule has 0 amide bonds. The maximum absolute atomic E-state index is 12.4. The Morgan fingerprint density at radius 1 is 1.00 bits per heavy atom. The van der Waals surface area contributed by atoms with Crippen LogP contribution >= 0.6 is 15.9 Å². The van der Waals surface area contributed by atoms with Crippen molar-refractivity contribution in [2.24, 2.45) is 0 Å². The molecule has 0 saturated carbocycles. The van der Waals surface area contributed by atoms with Crippen molar-refractivity contribution >= 4 is 26.0 Å². The van der Waals surface area contributed by atoms with Gasteiger partial charge in [0.25, 0.3) is 0 Å². The van der Waals surface area contributed by atoms with Gasteiger partial charge in [-0.15, -0.1) is 0 Å². The molecule has 2 aromatic carbocycles. The van der Waals surface area contributed by atoms with E-state index in [4.69, 9.17) is 4.74 Å². The van der Waals surface area contributed by atoms with Gasteiger partial charge in [0.1, 0.15) is 0 Å². The van der Waals surface area contributed by atoms with Gasteiger partial charge in [0.05, 0.1) is 18.1 Å².